The highest BCUT2D eigenvalue weighted by Gasteiger charge is 2.35. The summed E-state index contributed by atoms with van der Waals surface area (Å²) in [5.74, 6) is 0.698. The summed E-state index contributed by atoms with van der Waals surface area (Å²) in [6, 6.07) is 0.685. The molecule has 0 aromatic rings. The van der Waals surface area contributed by atoms with Crippen molar-refractivity contribution in [3.8, 4) is 0 Å². The van der Waals surface area contributed by atoms with Crippen molar-refractivity contribution in [1.29, 1.82) is 0 Å². The van der Waals surface area contributed by atoms with Crippen LogP contribution in [0.15, 0.2) is 0 Å². The van der Waals surface area contributed by atoms with Gasteiger partial charge in [0.2, 0.25) is 0 Å². The predicted molar refractivity (Wildman–Crippen MR) is 42.3 cm³/mol. The first kappa shape index (κ1) is 6.95. The smallest absolute Gasteiger partial charge is 0.317 e. The quantitative estimate of drug-likeness (QED) is 0.550. The molecule has 2 aliphatic rings. The maximum Gasteiger partial charge on any atom is 0.317 e. The van der Waals surface area contributed by atoms with Crippen molar-refractivity contribution in [3.63, 3.8) is 0 Å². The van der Waals surface area contributed by atoms with Crippen LogP contribution in [-0.2, 0) is 0 Å². The summed E-state index contributed by atoms with van der Waals surface area (Å²) in [7, 11) is 0. The van der Waals surface area contributed by atoms with Crippen LogP contribution in [0.1, 0.15) is 19.8 Å². The van der Waals surface area contributed by atoms with Gasteiger partial charge in [0.15, 0.2) is 0 Å². The van der Waals surface area contributed by atoms with Gasteiger partial charge in [-0.15, -0.1) is 0 Å². The Labute approximate surface area is 66.8 Å². The highest BCUT2D eigenvalue weighted by atomic mass is 16.2. The van der Waals surface area contributed by atoms with E-state index in [1.807, 2.05) is 4.90 Å². The zero-order valence-corrected chi connectivity index (χ0v) is 6.84. The van der Waals surface area contributed by atoms with Crippen LogP contribution in [0, 0.1) is 5.92 Å². The van der Waals surface area contributed by atoms with Gasteiger partial charge in [0.25, 0.3) is 0 Å². The molecule has 2 saturated heterocycles. The van der Waals surface area contributed by atoms with Gasteiger partial charge in [-0.1, -0.05) is 6.92 Å². The number of nitrogens with one attached hydrogen (secondary N) is 1. The monoisotopic (exact) mass is 154 g/mol. The lowest BCUT2D eigenvalue weighted by atomic mass is 10.1. The topological polar surface area (TPSA) is 32.3 Å². The maximum absolute atomic E-state index is 11.2. The second-order valence-corrected chi connectivity index (χ2v) is 3.67. The van der Waals surface area contributed by atoms with Crippen molar-refractivity contribution in [2.75, 3.05) is 13.1 Å². The summed E-state index contributed by atoms with van der Waals surface area (Å²) in [5, 5.41) is 2.86. The van der Waals surface area contributed by atoms with Crippen molar-refractivity contribution >= 4 is 6.03 Å². The minimum absolute atomic E-state index is 0.144. The standard InChI is InChI=1S/C8H14N2O/c1-6-4-7-2-3-9-8(11)10(7)5-6/h6-7H,2-5H2,1H3,(H,9,11). The number of nitrogens with zero attached hydrogens (tertiary/aromatic N) is 1. The molecule has 0 aromatic carbocycles. The molecule has 2 amide bonds. The molecule has 3 nitrogen and oxygen atoms in total. The van der Waals surface area contributed by atoms with Crippen LogP contribution < -0.4 is 5.32 Å². The normalized spacial score (nSPS) is 36.8. The molecule has 11 heavy (non-hydrogen) atoms. The van der Waals surface area contributed by atoms with E-state index in [1.54, 1.807) is 0 Å². The third kappa shape index (κ3) is 1.08. The number of hydrogen-bond donors (Lipinski definition) is 1. The Balaban J connectivity index is 2.09. The molecule has 0 spiro atoms. The van der Waals surface area contributed by atoms with Crippen LogP contribution in [0.4, 0.5) is 4.79 Å². The largest absolute Gasteiger partial charge is 0.338 e. The van der Waals surface area contributed by atoms with E-state index >= 15 is 0 Å². The molecule has 2 heterocycles. The third-order valence-corrected chi connectivity index (χ3v) is 2.64. The van der Waals surface area contributed by atoms with E-state index in [0.29, 0.717) is 12.0 Å². The molecule has 2 atom stereocenters. The Kier molecular flexibility index (Phi) is 1.51. The zero-order valence-electron chi connectivity index (χ0n) is 6.84. The number of urea groups is 1. The van der Waals surface area contributed by atoms with Gasteiger partial charge in [-0.2, -0.15) is 0 Å². The van der Waals surface area contributed by atoms with E-state index in [1.165, 1.54) is 6.42 Å². The summed E-state index contributed by atoms with van der Waals surface area (Å²) in [6.45, 7) is 4.04. The van der Waals surface area contributed by atoms with Crippen LogP contribution in [0.5, 0.6) is 0 Å². The molecule has 1 N–H and O–H groups in total. The fraction of sp³-hybridized carbons (Fsp3) is 0.875. The van der Waals surface area contributed by atoms with E-state index in [9.17, 15) is 4.79 Å². The first-order valence-electron chi connectivity index (χ1n) is 4.32. The van der Waals surface area contributed by atoms with Crippen LogP contribution in [0.25, 0.3) is 0 Å². The molecule has 0 radical (unpaired) electrons. The van der Waals surface area contributed by atoms with Gasteiger partial charge in [0, 0.05) is 19.1 Å². The SMILES string of the molecule is CC1CC2CCNC(=O)N2C1. The van der Waals surface area contributed by atoms with E-state index in [-0.39, 0.29) is 6.03 Å². The molecule has 2 rings (SSSR count). The predicted octanol–water partition coefficient (Wildman–Crippen LogP) is 0.810. The van der Waals surface area contributed by atoms with Crippen LogP contribution in [-0.4, -0.2) is 30.1 Å². The highest BCUT2D eigenvalue weighted by Crippen LogP contribution is 2.26. The molecule has 62 valence electrons. The van der Waals surface area contributed by atoms with Gasteiger partial charge in [-0.05, 0) is 18.8 Å². The average Bonchev–Trinajstić information content (AvgIpc) is 2.31. The third-order valence-electron chi connectivity index (χ3n) is 2.64. The molecular weight excluding hydrogens is 140 g/mol. The van der Waals surface area contributed by atoms with Gasteiger partial charge in [-0.25, -0.2) is 4.79 Å². The number of amides is 2. The van der Waals surface area contributed by atoms with Gasteiger partial charge >= 0.3 is 6.03 Å². The summed E-state index contributed by atoms with van der Waals surface area (Å²) >= 11 is 0. The zero-order chi connectivity index (χ0) is 7.84. The summed E-state index contributed by atoms with van der Waals surface area (Å²) in [6.07, 6.45) is 2.34. The van der Waals surface area contributed by atoms with Crippen molar-refractivity contribution in [3.05, 3.63) is 0 Å². The van der Waals surface area contributed by atoms with Gasteiger partial charge in [-0.3, -0.25) is 0 Å². The molecule has 2 aliphatic heterocycles. The number of rotatable bonds is 0. The lowest BCUT2D eigenvalue weighted by Gasteiger charge is -2.29. The lowest BCUT2D eigenvalue weighted by Crippen LogP contribution is -2.49. The molecular formula is C8H14N2O. The van der Waals surface area contributed by atoms with Gasteiger partial charge in [0.1, 0.15) is 0 Å². The van der Waals surface area contributed by atoms with E-state index in [0.717, 1.165) is 19.5 Å². The molecule has 2 unspecified atom stereocenters. The number of fused-ring (bicyclic) bond motifs is 1. The molecule has 0 aromatic heterocycles. The molecule has 0 bridgehead atoms. The number of carbonyl (C=O) groups is 1. The summed E-state index contributed by atoms with van der Waals surface area (Å²) in [4.78, 5) is 13.2. The highest BCUT2D eigenvalue weighted by molar-refractivity contribution is 5.75. The second-order valence-electron chi connectivity index (χ2n) is 3.67. The summed E-state index contributed by atoms with van der Waals surface area (Å²) < 4.78 is 0. The van der Waals surface area contributed by atoms with Crippen molar-refractivity contribution < 1.29 is 4.79 Å². The van der Waals surface area contributed by atoms with Crippen LogP contribution in [0.3, 0.4) is 0 Å². The Morgan fingerprint density at radius 3 is 3.18 bits per heavy atom. The van der Waals surface area contributed by atoms with Crippen LogP contribution in [0.2, 0.25) is 0 Å². The first-order chi connectivity index (χ1) is 5.27. The van der Waals surface area contributed by atoms with Crippen LogP contribution >= 0.6 is 0 Å². The van der Waals surface area contributed by atoms with Crippen molar-refractivity contribution in [2.45, 2.75) is 25.8 Å². The molecule has 0 aliphatic carbocycles. The number of hydrogen-bond acceptors (Lipinski definition) is 1. The maximum atomic E-state index is 11.2. The van der Waals surface area contributed by atoms with E-state index < -0.39 is 0 Å². The Morgan fingerprint density at radius 2 is 2.45 bits per heavy atom. The fourth-order valence-corrected chi connectivity index (χ4v) is 2.12. The minimum Gasteiger partial charge on any atom is -0.338 e. The fourth-order valence-electron chi connectivity index (χ4n) is 2.12. The van der Waals surface area contributed by atoms with Gasteiger partial charge < -0.3 is 10.2 Å². The molecule has 0 saturated carbocycles. The van der Waals surface area contributed by atoms with E-state index in [4.69, 9.17) is 0 Å². The van der Waals surface area contributed by atoms with Gasteiger partial charge in [0.05, 0.1) is 0 Å². The Morgan fingerprint density at radius 1 is 1.64 bits per heavy atom. The Hall–Kier alpha value is -0.730. The molecule has 2 fully saturated rings. The molecule has 3 heteroatoms. The minimum atomic E-state index is 0.144. The first-order valence-corrected chi connectivity index (χ1v) is 4.32. The number of carbonyl (C=O) groups excluding carboxylic acids is 1. The van der Waals surface area contributed by atoms with Crippen molar-refractivity contribution in [2.24, 2.45) is 5.92 Å². The second kappa shape index (κ2) is 2.40. The van der Waals surface area contributed by atoms with E-state index in [2.05, 4.69) is 12.2 Å². The van der Waals surface area contributed by atoms with Crippen molar-refractivity contribution in [1.82, 2.24) is 10.2 Å². The summed E-state index contributed by atoms with van der Waals surface area (Å²) in [5.41, 5.74) is 0. The average molecular weight is 154 g/mol. The Bertz CT molecular complexity index is 181. The lowest BCUT2D eigenvalue weighted by molar-refractivity contribution is 0.175.